The van der Waals surface area contributed by atoms with Gasteiger partial charge < -0.3 is 15.8 Å². The molecule has 1 atom stereocenters. The Hall–Kier alpha value is -0.610. The molecular formula is C8H18N2O2. The van der Waals surface area contributed by atoms with Gasteiger partial charge in [-0.3, -0.25) is 4.79 Å². The van der Waals surface area contributed by atoms with Crippen LogP contribution in [0.2, 0.25) is 0 Å². The first-order valence-corrected chi connectivity index (χ1v) is 4.24. The Bertz CT molecular complexity index is 128. The third-order valence-electron chi connectivity index (χ3n) is 1.52. The Morgan fingerprint density at radius 1 is 1.67 bits per heavy atom. The van der Waals surface area contributed by atoms with Crippen molar-refractivity contribution in [2.45, 2.75) is 25.8 Å². The summed E-state index contributed by atoms with van der Waals surface area (Å²) in [6.07, 6.45) is 1.51. The zero-order chi connectivity index (χ0) is 9.40. The molecule has 0 bridgehead atoms. The van der Waals surface area contributed by atoms with E-state index in [4.69, 9.17) is 10.5 Å². The number of carbonyl (C=O) groups excluding carboxylic acids is 1. The fourth-order valence-corrected chi connectivity index (χ4v) is 0.755. The van der Waals surface area contributed by atoms with Gasteiger partial charge in [0, 0.05) is 20.3 Å². The molecule has 0 radical (unpaired) electrons. The highest BCUT2D eigenvalue weighted by Crippen LogP contribution is 1.88. The van der Waals surface area contributed by atoms with Crippen molar-refractivity contribution in [3.8, 4) is 0 Å². The first-order chi connectivity index (χ1) is 5.72. The quantitative estimate of drug-likeness (QED) is 0.590. The number of nitrogens with two attached hydrogens (primary N) is 1. The van der Waals surface area contributed by atoms with Crippen molar-refractivity contribution < 1.29 is 9.53 Å². The minimum atomic E-state index is -0.434. The summed E-state index contributed by atoms with van der Waals surface area (Å²) in [4.78, 5) is 11.1. The van der Waals surface area contributed by atoms with Crippen molar-refractivity contribution in [3.63, 3.8) is 0 Å². The van der Waals surface area contributed by atoms with Crippen LogP contribution < -0.4 is 11.1 Å². The van der Waals surface area contributed by atoms with Crippen LogP contribution in [0.5, 0.6) is 0 Å². The van der Waals surface area contributed by atoms with E-state index in [2.05, 4.69) is 5.32 Å². The van der Waals surface area contributed by atoms with E-state index < -0.39 is 6.04 Å². The van der Waals surface area contributed by atoms with Crippen molar-refractivity contribution >= 4 is 5.91 Å². The lowest BCUT2D eigenvalue weighted by Crippen LogP contribution is -2.41. The van der Waals surface area contributed by atoms with Crippen LogP contribution in [0.3, 0.4) is 0 Å². The smallest absolute Gasteiger partial charge is 0.237 e. The second kappa shape index (κ2) is 7.06. The van der Waals surface area contributed by atoms with E-state index in [0.29, 0.717) is 19.6 Å². The van der Waals surface area contributed by atoms with Gasteiger partial charge in [0.25, 0.3) is 0 Å². The molecule has 0 saturated carbocycles. The molecule has 0 aliphatic heterocycles. The average Bonchev–Trinajstić information content (AvgIpc) is 2.10. The van der Waals surface area contributed by atoms with Gasteiger partial charge in [-0.15, -0.1) is 0 Å². The van der Waals surface area contributed by atoms with Crippen molar-refractivity contribution in [2.24, 2.45) is 5.73 Å². The Kier molecular flexibility index (Phi) is 6.70. The summed E-state index contributed by atoms with van der Waals surface area (Å²) in [6.45, 7) is 3.22. The largest absolute Gasteiger partial charge is 0.385 e. The predicted octanol–water partition coefficient (Wildman–Crippen LogP) is -0.124. The van der Waals surface area contributed by atoms with Crippen LogP contribution in [-0.4, -0.2) is 32.2 Å². The second-order valence-corrected chi connectivity index (χ2v) is 2.68. The first kappa shape index (κ1) is 11.4. The first-order valence-electron chi connectivity index (χ1n) is 4.24. The zero-order valence-corrected chi connectivity index (χ0v) is 7.80. The molecule has 0 heterocycles. The number of amides is 1. The lowest BCUT2D eigenvalue weighted by Gasteiger charge is -2.10. The molecule has 0 aliphatic carbocycles. The van der Waals surface area contributed by atoms with Crippen molar-refractivity contribution in [1.29, 1.82) is 0 Å². The Balaban J connectivity index is 3.47. The van der Waals surface area contributed by atoms with Gasteiger partial charge in [-0.05, 0) is 12.8 Å². The lowest BCUT2D eigenvalue weighted by molar-refractivity contribution is -0.122. The Labute approximate surface area is 73.5 Å². The summed E-state index contributed by atoms with van der Waals surface area (Å²) in [7, 11) is 1.59. The number of hydrogen-bond acceptors (Lipinski definition) is 3. The maximum Gasteiger partial charge on any atom is 0.237 e. The predicted molar refractivity (Wildman–Crippen MR) is 47.8 cm³/mol. The van der Waals surface area contributed by atoms with E-state index in [-0.39, 0.29) is 5.91 Å². The number of hydrogen-bond donors (Lipinski definition) is 2. The molecule has 12 heavy (non-hydrogen) atoms. The van der Waals surface area contributed by atoms with Crippen LogP contribution in [0.25, 0.3) is 0 Å². The van der Waals surface area contributed by atoms with Gasteiger partial charge in [0.05, 0.1) is 6.04 Å². The van der Waals surface area contributed by atoms with Gasteiger partial charge in [-0.25, -0.2) is 0 Å². The third-order valence-corrected chi connectivity index (χ3v) is 1.52. The molecule has 0 rings (SSSR count). The van der Waals surface area contributed by atoms with E-state index in [1.807, 2.05) is 6.92 Å². The van der Waals surface area contributed by atoms with Crippen molar-refractivity contribution in [1.82, 2.24) is 5.32 Å². The van der Waals surface area contributed by atoms with E-state index in [9.17, 15) is 4.79 Å². The van der Waals surface area contributed by atoms with Crippen LogP contribution in [0.1, 0.15) is 19.8 Å². The van der Waals surface area contributed by atoms with Crippen LogP contribution in [0, 0.1) is 0 Å². The molecule has 0 aromatic heterocycles. The highest BCUT2D eigenvalue weighted by Gasteiger charge is 2.11. The van der Waals surface area contributed by atoms with Gasteiger partial charge in [-0.1, -0.05) is 6.92 Å². The number of rotatable bonds is 6. The van der Waals surface area contributed by atoms with Crippen LogP contribution in [0.4, 0.5) is 0 Å². The lowest BCUT2D eigenvalue weighted by atomic mass is 10.2. The summed E-state index contributed by atoms with van der Waals surface area (Å²) in [5, 5.41) is 2.72. The summed E-state index contributed by atoms with van der Waals surface area (Å²) in [6, 6.07) is -0.434. The van der Waals surface area contributed by atoms with Crippen LogP contribution in [-0.2, 0) is 9.53 Å². The summed E-state index contributed by atoms with van der Waals surface area (Å²) in [5.41, 5.74) is 5.55. The molecule has 72 valence electrons. The molecule has 1 unspecified atom stereocenters. The minimum Gasteiger partial charge on any atom is -0.385 e. The Morgan fingerprint density at radius 3 is 2.83 bits per heavy atom. The van der Waals surface area contributed by atoms with Gasteiger partial charge in [-0.2, -0.15) is 0 Å². The molecule has 4 heteroatoms. The number of methoxy groups -OCH3 is 1. The summed E-state index contributed by atoms with van der Waals surface area (Å²) in [5.74, 6) is -0.0890. The number of ether oxygens (including phenoxy) is 1. The zero-order valence-electron chi connectivity index (χ0n) is 7.80. The standard InChI is InChI=1S/C8H18N2O2/c1-3-5-10-8(11)7(9)4-6-12-2/h7H,3-6,9H2,1-2H3,(H,10,11). The molecule has 0 aromatic rings. The molecule has 1 amide bonds. The molecule has 0 saturated heterocycles. The molecule has 0 aliphatic rings. The molecule has 3 N–H and O–H groups in total. The highest BCUT2D eigenvalue weighted by molar-refractivity contribution is 5.81. The number of nitrogens with one attached hydrogen (secondary N) is 1. The molecule has 0 spiro atoms. The Morgan fingerprint density at radius 2 is 2.33 bits per heavy atom. The van der Waals surface area contributed by atoms with E-state index in [1.54, 1.807) is 7.11 Å². The van der Waals surface area contributed by atoms with Gasteiger partial charge in [0.2, 0.25) is 5.91 Å². The van der Waals surface area contributed by atoms with Crippen molar-refractivity contribution in [2.75, 3.05) is 20.3 Å². The summed E-state index contributed by atoms with van der Waals surface area (Å²) < 4.78 is 4.81. The van der Waals surface area contributed by atoms with Gasteiger partial charge in [0.1, 0.15) is 0 Å². The van der Waals surface area contributed by atoms with E-state index >= 15 is 0 Å². The fraction of sp³-hybridized carbons (Fsp3) is 0.875. The molecular weight excluding hydrogens is 156 g/mol. The van der Waals surface area contributed by atoms with Gasteiger partial charge >= 0.3 is 0 Å². The molecule has 4 nitrogen and oxygen atoms in total. The SMILES string of the molecule is CCCNC(=O)C(N)CCOC. The maximum absolute atomic E-state index is 11.1. The van der Waals surface area contributed by atoms with Gasteiger partial charge in [0.15, 0.2) is 0 Å². The topological polar surface area (TPSA) is 64.4 Å². The molecule has 0 fully saturated rings. The number of carbonyl (C=O) groups is 1. The van der Waals surface area contributed by atoms with Crippen molar-refractivity contribution in [3.05, 3.63) is 0 Å². The highest BCUT2D eigenvalue weighted by atomic mass is 16.5. The monoisotopic (exact) mass is 174 g/mol. The minimum absolute atomic E-state index is 0.0890. The third kappa shape index (κ3) is 5.09. The van der Waals surface area contributed by atoms with E-state index in [0.717, 1.165) is 6.42 Å². The van der Waals surface area contributed by atoms with Crippen LogP contribution >= 0.6 is 0 Å². The average molecular weight is 174 g/mol. The summed E-state index contributed by atoms with van der Waals surface area (Å²) >= 11 is 0. The normalized spacial score (nSPS) is 12.6. The van der Waals surface area contributed by atoms with E-state index in [1.165, 1.54) is 0 Å². The maximum atomic E-state index is 11.1. The fourth-order valence-electron chi connectivity index (χ4n) is 0.755. The second-order valence-electron chi connectivity index (χ2n) is 2.68. The molecule has 0 aromatic carbocycles. The van der Waals surface area contributed by atoms with Crippen LogP contribution in [0.15, 0.2) is 0 Å².